The van der Waals surface area contributed by atoms with Gasteiger partial charge >= 0.3 is 0 Å². The van der Waals surface area contributed by atoms with Crippen molar-refractivity contribution in [3.05, 3.63) is 17.5 Å². The Hall–Kier alpha value is -0.830. The van der Waals surface area contributed by atoms with Gasteiger partial charge in [0.2, 0.25) is 0 Å². The molecule has 0 aromatic carbocycles. The van der Waals surface area contributed by atoms with Crippen LogP contribution in [0.1, 0.15) is 24.1 Å². The minimum atomic E-state index is 0.994. The van der Waals surface area contributed by atoms with Crippen LogP contribution in [-0.4, -0.2) is 28.2 Å². The lowest BCUT2D eigenvalue weighted by Crippen LogP contribution is -2.31. The van der Waals surface area contributed by atoms with Gasteiger partial charge in [-0.1, -0.05) is 0 Å². The van der Waals surface area contributed by atoms with E-state index in [4.69, 9.17) is 0 Å². The van der Waals surface area contributed by atoms with E-state index >= 15 is 0 Å². The van der Waals surface area contributed by atoms with Gasteiger partial charge in [-0.3, -0.25) is 10.00 Å². The predicted molar refractivity (Wildman–Crippen MR) is 49.1 cm³/mol. The maximum Gasteiger partial charge on any atom is 0.117 e. The first kappa shape index (κ1) is 7.56. The first-order valence-electron chi connectivity index (χ1n) is 5.08. The summed E-state index contributed by atoms with van der Waals surface area (Å²) >= 11 is 0. The zero-order valence-electron chi connectivity index (χ0n) is 7.71. The van der Waals surface area contributed by atoms with Crippen LogP contribution >= 0.6 is 0 Å². The highest BCUT2D eigenvalue weighted by Gasteiger charge is 2.26. The van der Waals surface area contributed by atoms with Crippen molar-refractivity contribution in [2.24, 2.45) is 5.92 Å². The average Bonchev–Trinajstić information content (AvgIpc) is 2.83. The zero-order valence-corrected chi connectivity index (χ0v) is 7.71. The molecular weight excluding hydrogens is 162 g/mol. The Balaban J connectivity index is 1.69. The van der Waals surface area contributed by atoms with Gasteiger partial charge in [-0.2, -0.15) is 5.10 Å². The van der Waals surface area contributed by atoms with E-state index in [2.05, 4.69) is 21.3 Å². The standard InChI is InChI=1S/C10H14N3/c1-2-8(1)6-13-4-3-10-9(7-13)5-11-12-10/h8H,1-4,6-7H2,(H,11,12). The molecule has 13 heavy (non-hydrogen) atoms. The monoisotopic (exact) mass is 176 g/mol. The fourth-order valence-corrected chi connectivity index (χ4v) is 2.03. The third kappa shape index (κ3) is 1.48. The molecular formula is C10H14N3. The summed E-state index contributed by atoms with van der Waals surface area (Å²) in [6, 6.07) is 0. The van der Waals surface area contributed by atoms with Crippen molar-refractivity contribution in [1.29, 1.82) is 0 Å². The van der Waals surface area contributed by atoms with E-state index in [0.717, 1.165) is 18.9 Å². The molecule has 1 saturated carbocycles. The molecule has 0 unspecified atom stereocenters. The molecule has 1 radical (unpaired) electrons. The molecule has 0 spiro atoms. The van der Waals surface area contributed by atoms with Crippen LogP contribution in [0.3, 0.4) is 0 Å². The molecule has 3 heteroatoms. The molecule has 0 saturated heterocycles. The van der Waals surface area contributed by atoms with Crippen molar-refractivity contribution in [2.45, 2.75) is 25.8 Å². The third-order valence-electron chi connectivity index (χ3n) is 3.02. The Bertz CT molecular complexity index is 301. The maximum absolute atomic E-state index is 3.96. The van der Waals surface area contributed by atoms with E-state index in [1.807, 2.05) is 0 Å². The summed E-state index contributed by atoms with van der Waals surface area (Å²) in [5, 5.41) is 6.97. The second kappa shape index (κ2) is 2.84. The minimum Gasteiger partial charge on any atom is -0.298 e. The Morgan fingerprint density at radius 2 is 2.46 bits per heavy atom. The summed E-state index contributed by atoms with van der Waals surface area (Å²) in [6.45, 7) is 3.54. The van der Waals surface area contributed by atoms with Crippen LogP contribution in [-0.2, 0) is 13.0 Å². The maximum atomic E-state index is 3.96. The molecule has 0 atom stereocenters. The molecule has 2 heterocycles. The average molecular weight is 176 g/mol. The predicted octanol–water partition coefficient (Wildman–Crippen LogP) is 0.978. The van der Waals surface area contributed by atoms with Crippen LogP contribution in [0.2, 0.25) is 0 Å². The molecule has 1 fully saturated rings. The lowest BCUT2D eigenvalue weighted by atomic mass is 10.1. The molecule has 69 valence electrons. The van der Waals surface area contributed by atoms with Gasteiger partial charge in [0, 0.05) is 37.3 Å². The van der Waals surface area contributed by atoms with Crippen LogP contribution in [0.15, 0.2) is 0 Å². The number of H-pyrrole nitrogens is 1. The van der Waals surface area contributed by atoms with Crippen LogP contribution in [0.5, 0.6) is 0 Å². The molecule has 3 nitrogen and oxygen atoms in total. The molecule has 0 bridgehead atoms. The first-order chi connectivity index (χ1) is 6.42. The van der Waals surface area contributed by atoms with E-state index in [1.54, 1.807) is 0 Å². The van der Waals surface area contributed by atoms with E-state index in [0.29, 0.717) is 0 Å². The van der Waals surface area contributed by atoms with E-state index < -0.39 is 0 Å². The Morgan fingerprint density at radius 1 is 1.54 bits per heavy atom. The summed E-state index contributed by atoms with van der Waals surface area (Å²) in [6.07, 6.45) is 7.04. The van der Waals surface area contributed by atoms with Crippen LogP contribution in [0.25, 0.3) is 0 Å². The number of fused-ring (bicyclic) bond motifs is 1. The summed E-state index contributed by atoms with van der Waals surface area (Å²) in [7, 11) is 0. The van der Waals surface area contributed by atoms with Gasteiger partial charge < -0.3 is 0 Å². The molecule has 1 aromatic rings. The highest BCUT2D eigenvalue weighted by atomic mass is 15.2. The van der Waals surface area contributed by atoms with Gasteiger partial charge in [0.15, 0.2) is 0 Å². The van der Waals surface area contributed by atoms with Crippen molar-refractivity contribution in [2.75, 3.05) is 13.1 Å². The molecule has 1 N–H and O–H groups in total. The first-order valence-corrected chi connectivity index (χ1v) is 5.08. The Labute approximate surface area is 78.1 Å². The number of nitrogens with zero attached hydrogens (tertiary/aromatic N) is 2. The number of aromatic nitrogens is 2. The van der Waals surface area contributed by atoms with Crippen molar-refractivity contribution in [3.8, 4) is 0 Å². The number of aromatic amines is 1. The van der Waals surface area contributed by atoms with Gasteiger partial charge in [-0.25, -0.2) is 0 Å². The smallest absolute Gasteiger partial charge is 0.117 e. The van der Waals surface area contributed by atoms with Gasteiger partial charge in [0.05, 0.1) is 0 Å². The van der Waals surface area contributed by atoms with Gasteiger partial charge in [-0.15, -0.1) is 0 Å². The molecule has 1 aliphatic heterocycles. The van der Waals surface area contributed by atoms with Crippen LogP contribution in [0, 0.1) is 12.1 Å². The van der Waals surface area contributed by atoms with Crippen molar-refractivity contribution < 1.29 is 0 Å². The molecule has 1 aromatic heterocycles. The molecule has 2 aliphatic rings. The topological polar surface area (TPSA) is 31.9 Å². The van der Waals surface area contributed by atoms with Crippen LogP contribution < -0.4 is 0 Å². The summed E-state index contributed by atoms with van der Waals surface area (Å²) in [4.78, 5) is 2.53. The number of hydrogen-bond acceptors (Lipinski definition) is 2. The zero-order chi connectivity index (χ0) is 8.67. The molecule has 3 rings (SSSR count). The largest absolute Gasteiger partial charge is 0.298 e. The lowest BCUT2D eigenvalue weighted by molar-refractivity contribution is 0.243. The van der Waals surface area contributed by atoms with E-state index in [1.165, 1.54) is 37.2 Å². The fourth-order valence-electron chi connectivity index (χ4n) is 2.03. The van der Waals surface area contributed by atoms with Gasteiger partial charge in [0.25, 0.3) is 0 Å². The second-order valence-electron chi connectivity index (χ2n) is 4.22. The molecule has 0 amide bonds. The van der Waals surface area contributed by atoms with Crippen molar-refractivity contribution in [3.63, 3.8) is 0 Å². The Kier molecular flexibility index (Phi) is 1.65. The number of hydrogen-bond donors (Lipinski definition) is 1. The summed E-state index contributed by atoms with van der Waals surface area (Å²) < 4.78 is 0. The van der Waals surface area contributed by atoms with E-state index in [9.17, 15) is 0 Å². The number of rotatable bonds is 2. The highest BCUT2D eigenvalue weighted by molar-refractivity contribution is 5.17. The summed E-state index contributed by atoms with van der Waals surface area (Å²) in [5.74, 6) is 0.994. The van der Waals surface area contributed by atoms with E-state index in [-0.39, 0.29) is 0 Å². The SMILES string of the molecule is [c]1n[nH]c2c1CN(CC1CC1)CC2. The van der Waals surface area contributed by atoms with Gasteiger partial charge in [-0.05, 0) is 18.8 Å². The summed E-state index contributed by atoms with van der Waals surface area (Å²) in [5.41, 5.74) is 2.58. The molecule has 1 aliphatic carbocycles. The van der Waals surface area contributed by atoms with Crippen molar-refractivity contribution >= 4 is 0 Å². The normalized spacial score (nSPS) is 23.1. The third-order valence-corrected chi connectivity index (χ3v) is 3.02. The van der Waals surface area contributed by atoms with Gasteiger partial charge in [0.1, 0.15) is 6.20 Å². The van der Waals surface area contributed by atoms with Crippen LogP contribution in [0.4, 0.5) is 0 Å². The second-order valence-corrected chi connectivity index (χ2v) is 4.22. The highest BCUT2D eigenvalue weighted by Crippen LogP contribution is 2.31. The van der Waals surface area contributed by atoms with Crippen molar-refractivity contribution in [1.82, 2.24) is 15.1 Å². The fraction of sp³-hybridized carbons (Fsp3) is 0.700. The Morgan fingerprint density at radius 3 is 3.31 bits per heavy atom. The number of nitrogens with one attached hydrogen (secondary N) is 1. The lowest BCUT2D eigenvalue weighted by Gasteiger charge is -2.25. The minimum absolute atomic E-state index is 0.994. The quantitative estimate of drug-likeness (QED) is 0.728.